The molecule has 0 aliphatic heterocycles. The lowest BCUT2D eigenvalue weighted by Gasteiger charge is -1.87. The molecule has 0 saturated carbocycles. The van der Waals surface area contributed by atoms with Gasteiger partial charge in [0.25, 0.3) is 0 Å². The SMILES string of the molecule is C(#Cc1cc2/c(s1)=c1/sc(C#Cc3ccccc3)c/c1=c1\cc(C#Cc3ccccc3)s\c1=c1/sc(C#Cc3ccccc3)c/c1=2)c1ccccc1. The zero-order valence-electron chi connectivity index (χ0n) is 27.5. The molecule has 0 radical (unpaired) electrons. The molecule has 0 fully saturated rings. The van der Waals surface area contributed by atoms with Gasteiger partial charge in [-0.15, -0.1) is 45.3 Å². The summed E-state index contributed by atoms with van der Waals surface area (Å²) in [5, 5.41) is 4.73. The molecule has 1 aliphatic rings. The first-order chi connectivity index (χ1) is 25.7. The molecule has 4 heterocycles. The van der Waals surface area contributed by atoms with Crippen LogP contribution in [0.2, 0.25) is 0 Å². The molecular formula is C48H24S4. The maximum absolute atomic E-state index is 3.49. The molecule has 0 atom stereocenters. The molecular weight excluding hydrogens is 705 g/mol. The van der Waals surface area contributed by atoms with Crippen molar-refractivity contribution in [3.05, 3.63) is 226 Å². The monoisotopic (exact) mass is 728 g/mol. The number of thiophene rings is 4. The van der Waals surface area contributed by atoms with Crippen molar-refractivity contribution < 1.29 is 0 Å². The third-order valence-corrected chi connectivity index (χ3v) is 12.9. The van der Waals surface area contributed by atoms with Crippen LogP contribution in [-0.4, -0.2) is 0 Å². The topological polar surface area (TPSA) is 0 Å². The predicted octanol–water partition coefficient (Wildman–Crippen LogP) is 11.0. The number of hydrogen-bond acceptors (Lipinski definition) is 4. The minimum Gasteiger partial charge on any atom is -0.125 e. The van der Waals surface area contributed by atoms with Gasteiger partial charge in [-0.05, 0) is 72.8 Å². The molecule has 4 aromatic carbocycles. The summed E-state index contributed by atoms with van der Waals surface area (Å²) in [4.78, 5) is 4.11. The third kappa shape index (κ3) is 6.70. The second kappa shape index (κ2) is 14.3. The van der Waals surface area contributed by atoms with Crippen molar-refractivity contribution in [2.24, 2.45) is 0 Å². The predicted molar refractivity (Wildman–Crippen MR) is 218 cm³/mol. The van der Waals surface area contributed by atoms with Crippen LogP contribution in [0.3, 0.4) is 0 Å². The summed E-state index contributed by atoms with van der Waals surface area (Å²) < 4.78 is 4.84. The van der Waals surface area contributed by atoms with Gasteiger partial charge >= 0.3 is 0 Å². The summed E-state index contributed by atoms with van der Waals surface area (Å²) in [6.07, 6.45) is 0. The summed E-state index contributed by atoms with van der Waals surface area (Å²) in [6, 6.07) is 49.8. The molecule has 4 heteroatoms. The smallest absolute Gasteiger partial charge is 0.0785 e. The van der Waals surface area contributed by atoms with E-state index in [1.165, 1.54) is 39.0 Å². The molecule has 0 nitrogen and oxygen atoms in total. The van der Waals surface area contributed by atoms with E-state index in [9.17, 15) is 0 Å². The van der Waals surface area contributed by atoms with Gasteiger partial charge in [0.05, 0.1) is 37.6 Å². The standard InChI is InChI=1S/C48H24S4/c1-5-13-33(14-6-1)21-25-37-29-41-42-30-38(26-22-34-15-7-2-8-16-34)51-47(42)48-44(32-40(52-48)28-24-36-19-11-4-12-20-36)43-31-39(50-46(43)45(41)49-37)27-23-35-17-9-3-10-18-35/h1-20,29-32H/b42-41-,44-43-,46-45-,48-47-. The fraction of sp³-hybridized carbons (Fsp3) is 0. The van der Waals surface area contributed by atoms with Gasteiger partial charge in [-0.3, -0.25) is 0 Å². The second-order valence-corrected chi connectivity index (χ2v) is 16.1. The van der Waals surface area contributed by atoms with E-state index >= 15 is 0 Å². The number of benzene rings is 4. The van der Waals surface area contributed by atoms with Crippen LogP contribution in [0.5, 0.6) is 0 Å². The van der Waals surface area contributed by atoms with Crippen LogP contribution < -0.4 is 0 Å². The van der Waals surface area contributed by atoms with Crippen LogP contribution in [0.1, 0.15) is 41.8 Å². The van der Waals surface area contributed by atoms with Gasteiger partial charge in [0, 0.05) is 43.1 Å². The highest BCUT2D eigenvalue weighted by Gasteiger charge is 2.11. The zero-order chi connectivity index (χ0) is 34.7. The Hall–Kier alpha value is -6.08. The lowest BCUT2D eigenvalue weighted by molar-refractivity contribution is 1.44. The molecule has 0 amide bonds. The van der Waals surface area contributed by atoms with Crippen LogP contribution in [0.4, 0.5) is 0 Å². The van der Waals surface area contributed by atoms with E-state index in [1.807, 2.05) is 72.8 Å². The van der Waals surface area contributed by atoms with E-state index < -0.39 is 0 Å². The normalized spacial score (nSPS) is 13.2. The zero-order valence-corrected chi connectivity index (χ0v) is 30.8. The third-order valence-electron chi connectivity index (χ3n) is 8.34. The largest absolute Gasteiger partial charge is 0.125 e. The molecule has 0 spiro atoms. The Labute approximate surface area is 317 Å². The maximum Gasteiger partial charge on any atom is 0.0785 e. The molecule has 0 bridgehead atoms. The minimum atomic E-state index is 1.000. The minimum absolute atomic E-state index is 1.000. The van der Waals surface area contributed by atoms with E-state index in [-0.39, 0.29) is 0 Å². The maximum atomic E-state index is 3.49. The van der Waals surface area contributed by atoms with Crippen molar-refractivity contribution in [3.8, 4) is 47.4 Å². The fourth-order valence-electron chi connectivity index (χ4n) is 5.91. The van der Waals surface area contributed by atoms with Gasteiger partial charge in [0.2, 0.25) is 0 Å². The summed E-state index contributed by atoms with van der Waals surface area (Å²) in [6.45, 7) is 0. The number of rotatable bonds is 0. The number of fused-ring (bicyclic) bond motifs is 4. The Kier molecular flexibility index (Phi) is 8.75. The van der Waals surface area contributed by atoms with Crippen LogP contribution in [0.15, 0.2) is 146 Å². The Morgan fingerprint density at radius 3 is 0.673 bits per heavy atom. The summed E-state index contributed by atoms with van der Waals surface area (Å²) in [5.74, 6) is 27.5. The molecule has 0 saturated heterocycles. The quantitative estimate of drug-likeness (QED) is 0.136. The van der Waals surface area contributed by atoms with Gasteiger partial charge in [-0.25, -0.2) is 0 Å². The molecule has 52 heavy (non-hydrogen) atoms. The summed E-state index contributed by atoms with van der Waals surface area (Å²) in [5.41, 5.74) is 4.00. The average molecular weight is 729 g/mol. The highest BCUT2D eigenvalue weighted by atomic mass is 32.1. The Morgan fingerprint density at radius 2 is 0.462 bits per heavy atom. The van der Waals surface area contributed by atoms with Gasteiger partial charge in [-0.1, -0.05) is 120 Å². The van der Waals surface area contributed by atoms with Gasteiger partial charge in [0.15, 0.2) is 0 Å². The van der Waals surface area contributed by atoms with E-state index in [2.05, 4.69) is 120 Å². The van der Waals surface area contributed by atoms with Crippen LogP contribution in [-0.2, 0) is 0 Å². The first-order valence-electron chi connectivity index (χ1n) is 16.6. The highest BCUT2D eigenvalue weighted by molar-refractivity contribution is 7.15. The lowest BCUT2D eigenvalue weighted by atomic mass is 10.2. The number of hydrogen-bond donors (Lipinski definition) is 0. The second-order valence-electron chi connectivity index (χ2n) is 11.9. The molecule has 4 aromatic heterocycles. The first kappa shape index (κ1) is 31.9. The van der Waals surface area contributed by atoms with Crippen molar-refractivity contribution in [1.29, 1.82) is 0 Å². The van der Waals surface area contributed by atoms with Gasteiger partial charge in [0.1, 0.15) is 0 Å². The van der Waals surface area contributed by atoms with Crippen LogP contribution in [0, 0.1) is 86.4 Å². The van der Waals surface area contributed by atoms with Crippen molar-refractivity contribution in [1.82, 2.24) is 0 Å². The van der Waals surface area contributed by atoms with Crippen LogP contribution in [0.25, 0.3) is 0 Å². The van der Waals surface area contributed by atoms with Gasteiger partial charge < -0.3 is 0 Å². The molecule has 0 unspecified atom stereocenters. The van der Waals surface area contributed by atoms with E-state index in [4.69, 9.17) is 0 Å². The highest BCUT2D eigenvalue weighted by Crippen LogP contribution is 2.28. The van der Waals surface area contributed by atoms with Crippen molar-refractivity contribution >= 4 is 45.3 Å². The summed E-state index contributed by atoms with van der Waals surface area (Å²) in [7, 11) is 0. The lowest BCUT2D eigenvalue weighted by Crippen LogP contribution is -1.76. The van der Waals surface area contributed by atoms with Crippen molar-refractivity contribution in [2.75, 3.05) is 0 Å². The molecule has 8 aromatic rings. The van der Waals surface area contributed by atoms with Crippen molar-refractivity contribution in [3.63, 3.8) is 0 Å². The Morgan fingerprint density at radius 1 is 0.250 bits per heavy atom. The fourth-order valence-corrected chi connectivity index (χ4v) is 10.3. The average Bonchev–Trinajstić information content (AvgIpc) is 4.00. The van der Waals surface area contributed by atoms with E-state index in [1.54, 1.807) is 45.3 Å². The molecule has 1 aliphatic carbocycles. The molecule has 9 rings (SSSR count). The summed E-state index contributed by atoms with van der Waals surface area (Å²) >= 11 is 7.01. The molecule has 0 N–H and O–H groups in total. The Bertz CT molecular complexity index is 2680. The van der Waals surface area contributed by atoms with Gasteiger partial charge in [-0.2, -0.15) is 0 Å². The van der Waals surface area contributed by atoms with Crippen molar-refractivity contribution in [2.45, 2.75) is 0 Å². The van der Waals surface area contributed by atoms with E-state index in [0.717, 1.165) is 41.8 Å². The van der Waals surface area contributed by atoms with Crippen LogP contribution >= 0.6 is 45.3 Å². The first-order valence-corrected chi connectivity index (χ1v) is 19.9. The molecule has 240 valence electrons. The van der Waals surface area contributed by atoms with E-state index in [0.29, 0.717) is 0 Å². The Balaban J connectivity index is 1.39.